The average Bonchev–Trinajstić information content (AvgIpc) is 2.70. The first-order valence-electron chi connectivity index (χ1n) is 10.9. The van der Waals surface area contributed by atoms with Gasteiger partial charge in [-0.1, -0.05) is 12.1 Å². The van der Waals surface area contributed by atoms with Crippen LogP contribution in [0.5, 0.6) is 0 Å². The molecule has 1 aromatic carbocycles. The Hall–Kier alpha value is -2.91. The lowest BCUT2D eigenvalue weighted by Gasteiger charge is -2.49. The maximum atomic E-state index is 13.7. The molecular weight excluding hydrogens is 438 g/mol. The Kier molecular flexibility index (Phi) is 6.85. The van der Waals surface area contributed by atoms with Gasteiger partial charge in [0.15, 0.2) is 0 Å². The fourth-order valence-electron chi connectivity index (χ4n) is 4.44. The van der Waals surface area contributed by atoms with Gasteiger partial charge in [-0.25, -0.2) is 23.2 Å². The number of hydrogen-bond donors (Lipinski definition) is 1. The number of esters is 1. The molecule has 1 N–H and O–H groups in total. The van der Waals surface area contributed by atoms with Crippen molar-refractivity contribution in [3.8, 4) is 0 Å². The highest BCUT2D eigenvalue weighted by molar-refractivity contribution is 5.89. The molecule has 0 bridgehead atoms. The number of methoxy groups -OCH3 is 1. The molecule has 10 heteroatoms. The standard InChI is InChI=1S/C23H30F2N2O6/c1-22(2,3)33-21(31)27(17-12-23(24,25)13-17)16-9-10-26(20(29)30)18(11-16)14-5-7-15(8-6-14)19(28)32-4/h5-8,16-18H,9-13H2,1-4H3,(H,29,30)/t16?,18-/m0/s1. The topological polar surface area (TPSA) is 96.4 Å². The molecule has 0 radical (unpaired) electrons. The van der Waals surface area contributed by atoms with Crippen molar-refractivity contribution in [2.45, 2.75) is 76.1 Å². The lowest BCUT2D eigenvalue weighted by Crippen LogP contribution is -2.59. The molecule has 1 aliphatic carbocycles. The van der Waals surface area contributed by atoms with E-state index < -0.39 is 60.6 Å². The third kappa shape index (κ3) is 5.72. The van der Waals surface area contributed by atoms with Crippen molar-refractivity contribution >= 4 is 18.2 Å². The van der Waals surface area contributed by atoms with Crippen molar-refractivity contribution in [2.24, 2.45) is 0 Å². The number of hydrogen-bond acceptors (Lipinski definition) is 5. The number of amides is 2. The molecule has 3 rings (SSSR count). The fourth-order valence-corrected chi connectivity index (χ4v) is 4.44. The summed E-state index contributed by atoms with van der Waals surface area (Å²) in [4.78, 5) is 39.3. The normalized spacial score (nSPS) is 22.8. The van der Waals surface area contributed by atoms with Crippen LogP contribution in [-0.4, -0.2) is 70.3 Å². The molecule has 0 aromatic heterocycles. The van der Waals surface area contributed by atoms with Crippen LogP contribution < -0.4 is 0 Å². The van der Waals surface area contributed by atoms with E-state index in [0.717, 1.165) is 0 Å². The van der Waals surface area contributed by atoms with E-state index in [9.17, 15) is 28.3 Å². The van der Waals surface area contributed by atoms with Gasteiger partial charge in [0.25, 0.3) is 5.92 Å². The maximum absolute atomic E-state index is 13.7. The average molecular weight is 468 g/mol. The summed E-state index contributed by atoms with van der Waals surface area (Å²) < 4.78 is 37.5. The summed E-state index contributed by atoms with van der Waals surface area (Å²) in [6, 6.07) is 4.62. The first-order valence-corrected chi connectivity index (χ1v) is 10.9. The molecule has 1 saturated carbocycles. The van der Waals surface area contributed by atoms with E-state index in [1.165, 1.54) is 16.9 Å². The molecule has 2 atom stereocenters. The second kappa shape index (κ2) is 9.15. The predicted octanol–water partition coefficient (Wildman–Crippen LogP) is 4.69. The van der Waals surface area contributed by atoms with E-state index in [1.54, 1.807) is 45.0 Å². The Balaban J connectivity index is 1.87. The quantitative estimate of drug-likeness (QED) is 0.644. The van der Waals surface area contributed by atoms with Gasteiger partial charge >= 0.3 is 18.2 Å². The molecule has 1 aromatic rings. The van der Waals surface area contributed by atoms with E-state index in [2.05, 4.69) is 0 Å². The number of likely N-dealkylation sites (tertiary alicyclic amines) is 1. The summed E-state index contributed by atoms with van der Waals surface area (Å²) in [7, 11) is 1.27. The minimum atomic E-state index is -2.82. The van der Waals surface area contributed by atoms with Crippen molar-refractivity contribution < 1.29 is 37.7 Å². The van der Waals surface area contributed by atoms with Crippen LogP contribution in [0.1, 0.15) is 68.4 Å². The molecule has 2 amide bonds. The maximum Gasteiger partial charge on any atom is 0.410 e. The first kappa shape index (κ1) is 24.7. The van der Waals surface area contributed by atoms with E-state index in [0.29, 0.717) is 17.5 Å². The highest BCUT2D eigenvalue weighted by Crippen LogP contribution is 2.44. The Bertz CT molecular complexity index is 891. The summed E-state index contributed by atoms with van der Waals surface area (Å²) in [6.45, 7) is 5.25. The molecule has 1 unspecified atom stereocenters. The van der Waals surface area contributed by atoms with Crippen molar-refractivity contribution in [3.63, 3.8) is 0 Å². The van der Waals surface area contributed by atoms with Crippen LogP contribution in [0.25, 0.3) is 0 Å². The summed E-state index contributed by atoms with van der Waals surface area (Å²) in [6.07, 6.45) is -2.13. The van der Waals surface area contributed by atoms with Crippen LogP contribution in [0.2, 0.25) is 0 Å². The van der Waals surface area contributed by atoms with Crippen molar-refractivity contribution in [2.75, 3.05) is 13.7 Å². The lowest BCUT2D eigenvalue weighted by atomic mass is 9.83. The molecule has 33 heavy (non-hydrogen) atoms. The summed E-state index contributed by atoms with van der Waals surface area (Å²) in [5.74, 6) is -3.34. The summed E-state index contributed by atoms with van der Waals surface area (Å²) >= 11 is 0. The van der Waals surface area contributed by atoms with Crippen LogP contribution in [-0.2, 0) is 9.47 Å². The second-order valence-corrected chi connectivity index (χ2v) is 9.59. The molecule has 1 aliphatic heterocycles. The van der Waals surface area contributed by atoms with Crippen LogP contribution in [0.4, 0.5) is 18.4 Å². The predicted molar refractivity (Wildman–Crippen MR) is 114 cm³/mol. The SMILES string of the molecule is COC(=O)c1ccc([C@@H]2CC(N(C(=O)OC(C)(C)C)C3CC(F)(F)C3)CCN2C(=O)O)cc1. The molecule has 182 valence electrons. The number of piperidine rings is 1. The molecule has 2 fully saturated rings. The van der Waals surface area contributed by atoms with E-state index in [1.807, 2.05) is 0 Å². The zero-order chi connectivity index (χ0) is 24.6. The Labute approximate surface area is 191 Å². The van der Waals surface area contributed by atoms with Crippen LogP contribution >= 0.6 is 0 Å². The molecule has 0 spiro atoms. The number of halogens is 2. The number of alkyl halides is 2. The van der Waals surface area contributed by atoms with Gasteiger partial charge in [0, 0.05) is 31.5 Å². The molecule has 1 heterocycles. The molecule has 8 nitrogen and oxygen atoms in total. The van der Waals surface area contributed by atoms with Crippen molar-refractivity contribution in [3.05, 3.63) is 35.4 Å². The number of nitrogens with zero attached hydrogens (tertiary/aromatic N) is 2. The molecule has 2 aliphatic rings. The number of carbonyl (C=O) groups excluding carboxylic acids is 2. The first-order chi connectivity index (χ1) is 15.3. The minimum Gasteiger partial charge on any atom is -0.465 e. The summed E-state index contributed by atoms with van der Waals surface area (Å²) in [5.41, 5.74) is 0.160. The van der Waals surface area contributed by atoms with Gasteiger partial charge in [0.1, 0.15) is 5.60 Å². The third-order valence-corrected chi connectivity index (χ3v) is 6.00. The largest absolute Gasteiger partial charge is 0.465 e. The van der Waals surface area contributed by atoms with E-state index in [-0.39, 0.29) is 13.0 Å². The number of ether oxygens (including phenoxy) is 2. The molecule has 1 saturated heterocycles. The fraction of sp³-hybridized carbons (Fsp3) is 0.609. The van der Waals surface area contributed by atoms with Gasteiger partial charge in [-0.15, -0.1) is 0 Å². The Morgan fingerprint density at radius 1 is 1.12 bits per heavy atom. The van der Waals surface area contributed by atoms with Gasteiger partial charge in [-0.2, -0.15) is 0 Å². The minimum absolute atomic E-state index is 0.131. The van der Waals surface area contributed by atoms with Crippen molar-refractivity contribution in [1.82, 2.24) is 9.80 Å². The number of carboxylic acid groups (broad SMARTS) is 1. The zero-order valence-electron chi connectivity index (χ0n) is 19.2. The van der Waals surface area contributed by atoms with Crippen LogP contribution in [0.15, 0.2) is 24.3 Å². The number of benzene rings is 1. The van der Waals surface area contributed by atoms with Gasteiger partial charge < -0.3 is 24.4 Å². The number of rotatable bonds is 4. The highest BCUT2D eigenvalue weighted by Gasteiger charge is 2.52. The number of carbonyl (C=O) groups is 3. The monoisotopic (exact) mass is 468 g/mol. The van der Waals surface area contributed by atoms with Gasteiger partial charge in [0.2, 0.25) is 0 Å². The smallest absolute Gasteiger partial charge is 0.410 e. The van der Waals surface area contributed by atoms with E-state index in [4.69, 9.17) is 9.47 Å². The highest BCUT2D eigenvalue weighted by atomic mass is 19.3. The van der Waals surface area contributed by atoms with Crippen LogP contribution in [0, 0.1) is 0 Å². The summed E-state index contributed by atoms with van der Waals surface area (Å²) in [5, 5.41) is 9.72. The van der Waals surface area contributed by atoms with Gasteiger partial charge in [-0.05, 0) is 51.3 Å². The van der Waals surface area contributed by atoms with Gasteiger partial charge in [-0.3, -0.25) is 0 Å². The Morgan fingerprint density at radius 2 is 1.73 bits per heavy atom. The lowest BCUT2D eigenvalue weighted by molar-refractivity contribution is -0.133. The zero-order valence-corrected chi connectivity index (χ0v) is 19.2. The van der Waals surface area contributed by atoms with Crippen molar-refractivity contribution in [1.29, 1.82) is 0 Å². The van der Waals surface area contributed by atoms with Crippen LogP contribution in [0.3, 0.4) is 0 Å². The molecular formula is C23H30F2N2O6. The Morgan fingerprint density at radius 3 is 2.21 bits per heavy atom. The van der Waals surface area contributed by atoms with Gasteiger partial charge in [0.05, 0.1) is 18.7 Å². The second-order valence-electron chi connectivity index (χ2n) is 9.59. The van der Waals surface area contributed by atoms with E-state index >= 15 is 0 Å². The third-order valence-electron chi connectivity index (χ3n) is 6.00.